The zero-order valence-electron chi connectivity index (χ0n) is 14.9. The molecule has 4 aromatic rings. The van der Waals surface area contributed by atoms with E-state index in [4.69, 9.17) is 4.74 Å². The average molecular weight is 375 g/mol. The molecule has 140 valence electrons. The number of hydrogen-bond acceptors (Lipinski definition) is 5. The molecule has 28 heavy (non-hydrogen) atoms. The van der Waals surface area contributed by atoms with Crippen LogP contribution in [0.15, 0.2) is 59.5 Å². The minimum Gasteiger partial charge on any atom is -0.457 e. The van der Waals surface area contributed by atoms with Gasteiger partial charge in [0, 0.05) is 29.1 Å². The minimum atomic E-state index is -0.524. The number of fused-ring (bicyclic) bond motifs is 2. The van der Waals surface area contributed by atoms with Gasteiger partial charge in [-0.1, -0.05) is 30.3 Å². The van der Waals surface area contributed by atoms with Gasteiger partial charge in [0.25, 0.3) is 5.56 Å². The molecule has 0 spiro atoms. The second-order valence-electron chi connectivity index (χ2n) is 6.36. The van der Waals surface area contributed by atoms with Crippen molar-refractivity contribution in [1.29, 1.82) is 0 Å². The number of H-pyrrole nitrogens is 2. The molecular formula is C21H17N3O4. The van der Waals surface area contributed by atoms with Crippen LogP contribution in [-0.4, -0.2) is 33.3 Å². The Balaban J connectivity index is 1.36. The van der Waals surface area contributed by atoms with Crippen LogP contribution in [-0.2, 0) is 16.0 Å². The molecule has 0 amide bonds. The Hall–Kier alpha value is -3.74. The lowest BCUT2D eigenvalue weighted by Crippen LogP contribution is -2.16. The van der Waals surface area contributed by atoms with Crippen LogP contribution in [0.1, 0.15) is 22.6 Å². The number of carbonyl (C=O) groups is 2. The monoisotopic (exact) mass is 375 g/mol. The first kappa shape index (κ1) is 17.7. The summed E-state index contributed by atoms with van der Waals surface area (Å²) in [7, 11) is 0. The molecular weight excluding hydrogens is 358 g/mol. The molecule has 2 heterocycles. The Kier molecular flexibility index (Phi) is 4.72. The van der Waals surface area contributed by atoms with Crippen LogP contribution in [0.4, 0.5) is 0 Å². The van der Waals surface area contributed by atoms with Crippen molar-refractivity contribution >= 4 is 33.6 Å². The van der Waals surface area contributed by atoms with Gasteiger partial charge in [-0.25, -0.2) is 4.98 Å². The highest BCUT2D eigenvalue weighted by Gasteiger charge is 2.14. The summed E-state index contributed by atoms with van der Waals surface area (Å²) in [6, 6.07) is 14.4. The molecule has 0 saturated carbocycles. The first-order valence-corrected chi connectivity index (χ1v) is 8.85. The van der Waals surface area contributed by atoms with Gasteiger partial charge < -0.3 is 14.7 Å². The number of benzene rings is 2. The highest BCUT2D eigenvalue weighted by atomic mass is 16.5. The molecule has 2 aromatic heterocycles. The van der Waals surface area contributed by atoms with E-state index in [0.29, 0.717) is 22.3 Å². The van der Waals surface area contributed by atoms with Gasteiger partial charge in [0.15, 0.2) is 6.61 Å². The summed E-state index contributed by atoms with van der Waals surface area (Å²) in [5.74, 6) is -0.393. The number of rotatable bonds is 6. The molecule has 0 bridgehead atoms. The Morgan fingerprint density at radius 1 is 1.00 bits per heavy atom. The SMILES string of the molecule is O=C(CCc1nc2ccccc2c(=O)[nH]1)OCC(=O)c1c[nH]c2ccccc12. The predicted octanol–water partition coefficient (Wildman–Crippen LogP) is 2.76. The summed E-state index contributed by atoms with van der Waals surface area (Å²) in [5, 5.41) is 1.29. The fraction of sp³-hybridized carbons (Fsp3) is 0.143. The largest absolute Gasteiger partial charge is 0.457 e. The number of aromatic amines is 2. The van der Waals surface area contributed by atoms with E-state index >= 15 is 0 Å². The van der Waals surface area contributed by atoms with E-state index in [1.807, 2.05) is 24.3 Å². The lowest BCUT2D eigenvalue weighted by molar-refractivity contribution is -0.142. The van der Waals surface area contributed by atoms with Crippen LogP contribution in [0.5, 0.6) is 0 Å². The maximum Gasteiger partial charge on any atom is 0.306 e. The highest BCUT2D eigenvalue weighted by molar-refractivity contribution is 6.08. The van der Waals surface area contributed by atoms with E-state index in [2.05, 4.69) is 15.0 Å². The third kappa shape index (κ3) is 3.55. The molecule has 0 atom stereocenters. The number of esters is 1. The number of nitrogens with one attached hydrogen (secondary N) is 2. The lowest BCUT2D eigenvalue weighted by atomic mass is 10.1. The summed E-state index contributed by atoms with van der Waals surface area (Å²) in [6.07, 6.45) is 1.85. The molecule has 0 saturated heterocycles. The Bertz CT molecular complexity index is 1240. The first-order chi connectivity index (χ1) is 13.6. The van der Waals surface area contributed by atoms with Crippen molar-refractivity contribution in [3.63, 3.8) is 0 Å². The zero-order chi connectivity index (χ0) is 19.5. The number of carbonyl (C=O) groups excluding carboxylic acids is 2. The number of aryl methyl sites for hydroxylation is 1. The van der Waals surface area contributed by atoms with Crippen LogP contribution < -0.4 is 5.56 Å². The molecule has 0 aliphatic heterocycles. The topological polar surface area (TPSA) is 105 Å². The van der Waals surface area contributed by atoms with Crippen molar-refractivity contribution < 1.29 is 14.3 Å². The first-order valence-electron chi connectivity index (χ1n) is 8.85. The highest BCUT2D eigenvalue weighted by Crippen LogP contribution is 2.18. The molecule has 2 aromatic carbocycles. The number of para-hydroxylation sites is 2. The average Bonchev–Trinajstić information content (AvgIpc) is 3.15. The Morgan fingerprint density at radius 3 is 2.61 bits per heavy atom. The van der Waals surface area contributed by atoms with E-state index in [9.17, 15) is 14.4 Å². The van der Waals surface area contributed by atoms with Gasteiger partial charge >= 0.3 is 5.97 Å². The fourth-order valence-electron chi connectivity index (χ4n) is 3.07. The Morgan fingerprint density at radius 2 is 1.75 bits per heavy atom. The van der Waals surface area contributed by atoms with E-state index in [0.717, 1.165) is 10.9 Å². The van der Waals surface area contributed by atoms with E-state index in [1.54, 1.807) is 30.5 Å². The molecule has 0 unspecified atom stereocenters. The zero-order valence-corrected chi connectivity index (χ0v) is 14.9. The molecule has 0 radical (unpaired) electrons. The molecule has 0 aliphatic rings. The van der Waals surface area contributed by atoms with E-state index in [-0.39, 0.29) is 30.8 Å². The van der Waals surface area contributed by atoms with Crippen molar-refractivity contribution in [1.82, 2.24) is 15.0 Å². The summed E-state index contributed by atoms with van der Waals surface area (Å²) in [5.41, 5.74) is 1.67. The maximum atomic E-state index is 12.3. The fourth-order valence-corrected chi connectivity index (χ4v) is 3.07. The number of Topliss-reactive ketones (excluding diaryl/α,β-unsaturated/α-hetero) is 1. The quantitative estimate of drug-likeness (QED) is 0.398. The molecule has 0 fully saturated rings. The van der Waals surface area contributed by atoms with Crippen LogP contribution in [0.25, 0.3) is 21.8 Å². The van der Waals surface area contributed by atoms with Crippen LogP contribution in [0, 0.1) is 0 Å². The molecule has 4 rings (SSSR count). The number of hydrogen-bond donors (Lipinski definition) is 2. The third-order valence-corrected chi connectivity index (χ3v) is 4.48. The van der Waals surface area contributed by atoms with Gasteiger partial charge in [0.05, 0.1) is 17.3 Å². The second-order valence-corrected chi connectivity index (χ2v) is 6.36. The van der Waals surface area contributed by atoms with Crippen LogP contribution in [0.3, 0.4) is 0 Å². The Labute approximate surface area is 159 Å². The molecule has 2 N–H and O–H groups in total. The van der Waals surface area contributed by atoms with Gasteiger partial charge in [-0.15, -0.1) is 0 Å². The summed E-state index contributed by atoms with van der Waals surface area (Å²) in [6.45, 7) is -0.331. The summed E-state index contributed by atoms with van der Waals surface area (Å²) < 4.78 is 5.09. The smallest absolute Gasteiger partial charge is 0.306 e. The molecule has 0 aliphatic carbocycles. The van der Waals surface area contributed by atoms with Crippen molar-refractivity contribution in [2.45, 2.75) is 12.8 Å². The van der Waals surface area contributed by atoms with Gasteiger partial charge in [-0.3, -0.25) is 14.4 Å². The van der Waals surface area contributed by atoms with Gasteiger partial charge in [0.2, 0.25) is 5.78 Å². The normalized spacial score (nSPS) is 11.0. The van der Waals surface area contributed by atoms with Crippen LogP contribution in [0.2, 0.25) is 0 Å². The van der Waals surface area contributed by atoms with E-state index in [1.165, 1.54) is 0 Å². The number of ether oxygens (including phenoxy) is 1. The van der Waals surface area contributed by atoms with Crippen LogP contribution >= 0.6 is 0 Å². The van der Waals surface area contributed by atoms with Crippen molar-refractivity contribution in [3.8, 4) is 0 Å². The summed E-state index contributed by atoms with van der Waals surface area (Å²) in [4.78, 5) is 46.4. The van der Waals surface area contributed by atoms with Gasteiger partial charge in [-0.2, -0.15) is 0 Å². The number of ketones is 1. The van der Waals surface area contributed by atoms with Crippen molar-refractivity contribution in [2.75, 3.05) is 6.61 Å². The van der Waals surface area contributed by atoms with Gasteiger partial charge in [-0.05, 0) is 18.2 Å². The number of nitrogens with zero attached hydrogens (tertiary/aromatic N) is 1. The van der Waals surface area contributed by atoms with Crippen molar-refractivity contribution in [2.24, 2.45) is 0 Å². The maximum absolute atomic E-state index is 12.3. The lowest BCUT2D eigenvalue weighted by Gasteiger charge is -2.05. The second kappa shape index (κ2) is 7.48. The standard InChI is InChI=1S/C21H17N3O4/c25-18(15-11-22-16-7-3-1-5-13(15)16)12-28-20(26)10-9-19-23-17-8-4-2-6-14(17)21(27)24-19/h1-8,11,22H,9-10,12H2,(H,23,24,27). The van der Waals surface area contributed by atoms with Gasteiger partial charge in [0.1, 0.15) is 5.82 Å². The third-order valence-electron chi connectivity index (χ3n) is 4.48. The number of aromatic nitrogens is 3. The minimum absolute atomic E-state index is 0.0163. The predicted molar refractivity (Wildman–Crippen MR) is 104 cm³/mol. The molecule has 7 nitrogen and oxygen atoms in total. The van der Waals surface area contributed by atoms with Crippen molar-refractivity contribution in [3.05, 3.63) is 76.5 Å². The van der Waals surface area contributed by atoms with E-state index < -0.39 is 5.97 Å². The molecule has 7 heteroatoms. The summed E-state index contributed by atoms with van der Waals surface area (Å²) >= 11 is 0.